The molecule has 0 saturated heterocycles. The van der Waals surface area contributed by atoms with E-state index >= 15 is 0 Å². The molecule has 0 aromatic carbocycles. The van der Waals surface area contributed by atoms with E-state index in [-0.39, 0.29) is 0 Å². The van der Waals surface area contributed by atoms with E-state index in [0.29, 0.717) is 0 Å². The first-order chi connectivity index (χ1) is 7.43. The standard InChI is InChI=1S/C11H20IN3/c12-6-3-1-2-4-7-13-9-11-15-10-5-8-14-15/h5,8,10,13H,1-4,6-7,9,11H2. The first kappa shape index (κ1) is 13.0. The molecule has 0 spiro atoms. The van der Waals surface area contributed by atoms with Gasteiger partial charge in [-0.1, -0.05) is 35.4 Å². The third-order valence-electron chi connectivity index (χ3n) is 2.31. The molecule has 1 rings (SSSR count). The van der Waals surface area contributed by atoms with E-state index in [2.05, 4.69) is 33.0 Å². The summed E-state index contributed by atoms with van der Waals surface area (Å²) in [4.78, 5) is 0. The number of alkyl halides is 1. The van der Waals surface area contributed by atoms with E-state index in [0.717, 1.165) is 19.6 Å². The number of unbranched alkanes of at least 4 members (excludes halogenated alkanes) is 3. The minimum absolute atomic E-state index is 0.973. The average Bonchev–Trinajstić information content (AvgIpc) is 2.75. The number of rotatable bonds is 9. The highest BCUT2D eigenvalue weighted by molar-refractivity contribution is 14.1. The van der Waals surface area contributed by atoms with Crippen molar-refractivity contribution < 1.29 is 0 Å². The van der Waals surface area contributed by atoms with Gasteiger partial charge in [0.2, 0.25) is 0 Å². The van der Waals surface area contributed by atoms with Crippen LogP contribution in [0.4, 0.5) is 0 Å². The first-order valence-corrected chi connectivity index (χ1v) is 7.20. The van der Waals surface area contributed by atoms with Crippen LogP contribution < -0.4 is 5.32 Å². The van der Waals surface area contributed by atoms with Crippen LogP contribution in [-0.4, -0.2) is 27.3 Å². The van der Waals surface area contributed by atoms with E-state index in [9.17, 15) is 0 Å². The van der Waals surface area contributed by atoms with Gasteiger partial charge in [0.1, 0.15) is 0 Å². The fourth-order valence-corrected chi connectivity index (χ4v) is 1.99. The minimum atomic E-state index is 0.973. The van der Waals surface area contributed by atoms with Gasteiger partial charge in [-0.2, -0.15) is 5.10 Å². The summed E-state index contributed by atoms with van der Waals surface area (Å²) in [6.45, 7) is 3.14. The zero-order chi connectivity index (χ0) is 10.8. The minimum Gasteiger partial charge on any atom is -0.315 e. The maximum Gasteiger partial charge on any atom is 0.0533 e. The SMILES string of the molecule is ICCCCCCNCCn1cccn1. The molecule has 0 bridgehead atoms. The molecule has 0 saturated carbocycles. The number of hydrogen-bond acceptors (Lipinski definition) is 2. The molecule has 0 fully saturated rings. The van der Waals surface area contributed by atoms with Crippen LogP contribution >= 0.6 is 22.6 Å². The highest BCUT2D eigenvalue weighted by Gasteiger charge is 1.91. The summed E-state index contributed by atoms with van der Waals surface area (Å²) in [5.74, 6) is 0. The normalized spacial score (nSPS) is 10.7. The van der Waals surface area contributed by atoms with Crippen molar-refractivity contribution in [3.05, 3.63) is 18.5 Å². The lowest BCUT2D eigenvalue weighted by Gasteiger charge is -2.04. The van der Waals surface area contributed by atoms with Crippen LogP contribution in [-0.2, 0) is 6.54 Å². The molecule has 1 heterocycles. The third-order valence-corrected chi connectivity index (χ3v) is 3.08. The van der Waals surface area contributed by atoms with Gasteiger partial charge in [-0.15, -0.1) is 0 Å². The maximum absolute atomic E-state index is 4.15. The Morgan fingerprint density at radius 1 is 1.13 bits per heavy atom. The Bertz CT molecular complexity index is 224. The second-order valence-corrected chi connectivity index (χ2v) is 4.70. The molecule has 0 aliphatic heterocycles. The van der Waals surface area contributed by atoms with Gasteiger partial charge in [-0.05, 0) is 29.9 Å². The van der Waals surface area contributed by atoms with Gasteiger partial charge in [0, 0.05) is 18.9 Å². The van der Waals surface area contributed by atoms with E-state index < -0.39 is 0 Å². The molecule has 0 unspecified atom stereocenters. The second kappa shape index (κ2) is 9.15. The van der Waals surface area contributed by atoms with Crippen molar-refractivity contribution >= 4 is 22.6 Å². The summed E-state index contributed by atoms with van der Waals surface area (Å²) in [5.41, 5.74) is 0. The van der Waals surface area contributed by atoms with Crippen molar-refractivity contribution in [2.75, 3.05) is 17.5 Å². The highest BCUT2D eigenvalue weighted by atomic mass is 127. The molecule has 15 heavy (non-hydrogen) atoms. The lowest BCUT2D eigenvalue weighted by molar-refractivity contribution is 0.536. The second-order valence-electron chi connectivity index (χ2n) is 3.62. The Morgan fingerprint density at radius 2 is 2.00 bits per heavy atom. The Balaban J connectivity index is 1.81. The maximum atomic E-state index is 4.15. The number of nitrogens with one attached hydrogen (secondary N) is 1. The molecule has 0 aliphatic rings. The van der Waals surface area contributed by atoms with E-state index in [4.69, 9.17) is 0 Å². The van der Waals surface area contributed by atoms with Gasteiger partial charge in [-0.3, -0.25) is 4.68 Å². The summed E-state index contributed by atoms with van der Waals surface area (Å²) in [7, 11) is 0. The molecular formula is C11H20IN3. The summed E-state index contributed by atoms with van der Waals surface area (Å²) < 4.78 is 3.26. The molecule has 3 nitrogen and oxygen atoms in total. The monoisotopic (exact) mass is 321 g/mol. The molecule has 1 N–H and O–H groups in total. The third kappa shape index (κ3) is 6.89. The van der Waals surface area contributed by atoms with Crippen molar-refractivity contribution in [1.29, 1.82) is 0 Å². The van der Waals surface area contributed by atoms with Crippen LogP contribution in [0.15, 0.2) is 18.5 Å². The van der Waals surface area contributed by atoms with Crippen LogP contribution in [0.1, 0.15) is 25.7 Å². The molecule has 4 heteroatoms. The van der Waals surface area contributed by atoms with Crippen LogP contribution in [0, 0.1) is 0 Å². The van der Waals surface area contributed by atoms with E-state index in [1.165, 1.54) is 30.1 Å². The molecule has 86 valence electrons. The predicted octanol–water partition coefficient (Wildman–Crippen LogP) is 2.47. The van der Waals surface area contributed by atoms with Gasteiger partial charge in [-0.25, -0.2) is 0 Å². The Hall–Kier alpha value is -0.100. The fraction of sp³-hybridized carbons (Fsp3) is 0.727. The van der Waals surface area contributed by atoms with E-state index in [1.807, 2.05) is 23.1 Å². The number of aromatic nitrogens is 2. The quantitative estimate of drug-likeness (QED) is 0.430. The van der Waals surface area contributed by atoms with Crippen LogP contribution in [0.3, 0.4) is 0 Å². The van der Waals surface area contributed by atoms with Gasteiger partial charge in [0.05, 0.1) is 6.54 Å². The zero-order valence-electron chi connectivity index (χ0n) is 9.16. The Labute approximate surface area is 106 Å². The molecule has 1 aromatic rings. The first-order valence-electron chi connectivity index (χ1n) is 5.67. The van der Waals surface area contributed by atoms with Crippen LogP contribution in [0.25, 0.3) is 0 Å². The van der Waals surface area contributed by atoms with E-state index in [1.54, 1.807) is 0 Å². The molecule has 0 aliphatic carbocycles. The summed E-state index contributed by atoms with van der Waals surface area (Å²) in [6.07, 6.45) is 9.23. The zero-order valence-corrected chi connectivity index (χ0v) is 11.3. The largest absolute Gasteiger partial charge is 0.315 e. The average molecular weight is 321 g/mol. The number of halogens is 1. The fourth-order valence-electron chi connectivity index (χ4n) is 1.45. The molecule has 0 amide bonds. The van der Waals surface area contributed by atoms with Crippen LogP contribution in [0.2, 0.25) is 0 Å². The van der Waals surface area contributed by atoms with Crippen LogP contribution in [0.5, 0.6) is 0 Å². The summed E-state index contributed by atoms with van der Waals surface area (Å²) in [6, 6.07) is 1.96. The van der Waals surface area contributed by atoms with Gasteiger partial charge in [0.15, 0.2) is 0 Å². The Morgan fingerprint density at radius 3 is 2.73 bits per heavy atom. The van der Waals surface area contributed by atoms with Crippen molar-refractivity contribution in [2.24, 2.45) is 0 Å². The smallest absolute Gasteiger partial charge is 0.0533 e. The highest BCUT2D eigenvalue weighted by Crippen LogP contribution is 2.01. The predicted molar refractivity (Wildman–Crippen MR) is 72.5 cm³/mol. The van der Waals surface area contributed by atoms with Crippen molar-refractivity contribution in [2.45, 2.75) is 32.2 Å². The topological polar surface area (TPSA) is 29.9 Å². The number of nitrogens with zero attached hydrogens (tertiary/aromatic N) is 2. The lowest BCUT2D eigenvalue weighted by atomic mass is 10.2. The molecule has 0 atom stereocenters. The molecule has 0 radical (unpaired) electrons. The molecule has 1 aromatic heterocycles. The lowest BCUT2D eigenvalue weighted by Crippen LogP contribution is -2.21. The summed E-state index contributed by atoms with van der Waals surface area (Å²) >= 11 is 2.44. The van der Waals surface area contributed by atoms with Crippen molar-refractivity contribution in [1.82, 2.24) is 15.1 Å². The van der Waals surface area contributed by atoms with Crippen molar-refractivity contribution in [3.8, 4) is 0 Å². The van der Waals surface area contributed by atoms with Gasteiger partial charge in [0.25, 0.3) is 0 Å². The van der Waals surface area contributed by atoms with Gasteiger partial charge < -0.3 is 5.32 Å². The number of hydrogen-bond donors (Lipinski definition) is 1. The molecular weight excluding hydrogens is 301 g/mol. The Kier molecular flexibility index (Phi) is 7.91. The summed E-state index contributed by atoms with van der Waals surface area (Å²) in [5, 5.41) is 7.59. The van der Waals surface area contributed by atoms with Crippen molar-refractivity contribution in [3.63, 3.8) is 0 Å². The van der Waals surface area contributed by atoms with Gasteiger partial charge >= 0.3 is 0 Å².